The predicted molar refractivity (Wildman–Crippen MR) is 107 cm³/mol. The lowest BCUT2D eigenvalue weighted by Gasteiger charge is -2.45. The number of benzene rings is 2. The minimum atomic E-state index is -2.26. The first kappa shape index (κ1) is 20.4. The molecular formula is C21H23NO6S. The van der Waals surface area contributed by atoms with Gasteiger partial charge in [-0.1, -0.05) is 24.3 Å². The Hall–Kier alpha value is -1.91. The Labute approximate surface area is 171 Å². The molecule has 3 aromatic rings. The van der Waals surface area contributed by atoms with Crippen LogP contribution in [0, 0.1) is 6.92 Å². The summed E-state index contributed by atoms with van der Waals surface area (Å²) < 4.78 is 6.52. The summed E-state index contributed by atoms with van der Waals surface area (Å²) in [6.45, 7) is 1.32. The molecule has 1 fully saturated rings. The molecule has 7 nitrogen and oxygen atoms in total. The SMILES string of the molecule is Cc1ccc(C2(O)OC(CO)[C@@H](O)C(O)[C@H]2O)cc1Cc1nc2ccccc2s1. The highest BCUT2D eigenvalue weighted by molar-refractivity contribution is 7.18. The van der Waals surface area contributed by atoms with Gasteiger partial charge in [-0.25, -0.2) is 4.98 Å². The Morgan fingerprint density at radius 3 is 2.59 bits per heavy atom. The Morgan fingerprint density at radius 2 is 1.86 bits per heavy atom. The van der Waals surface area contributed by atoms with Gasteiger partial charge in [0.1, 0.15) is 24.4 Å². The summed E-state index contributed by atoms with van der Waals surface area (Å²) in [6.07, 6.45) is -5.66. The molecule has 0 aliphatic carbocycles. The van der Waals surface area contributed by atoms with Crippen LogP contribution in [0.3, 0.4) is 0 Å². The van der Waals surface area contributed by atoms with Crippen molar-refractivity contribution < 1.29 is 30.3 Å². The van der Waals surface area contributed by atoms with E-state index in [1.807, 2.05) is 31.2 Å². The molecule has 3 unspecified atom stereocenters. The van der Waals surface area contributed by atoms with E-state index in [1.54, 1.807) is 29.5 Å². The van der Waals surface area contributed by atoms with E-state index in [9.17, 15) is 25.5 Å². The molecule has 29 heavy (non-hydrogen) atoms. The van der Waals surface area contributed by atoms with Crippen molar-refractivity contribution in [2.45, 2.75) is 43.5 Å². The number of nitrogens with zero attached hydrogens (tertiary/aromatic N) is 1. The minimum Gasteiger partial charge on any atom is -0.394 e. The van der Waals surface area contributed by atoms with Gasteiger partial charge in [-0.15, -0.1) is 11.3 Å². The Kier molecular flexibility index (Phi) is 5.43. The van der Waals surface area contributed by atoms with Gasteiger partial charge in [-0.05, 0) is 36.2 Å². The molecule has 0 spiro atoms. The molecule has 1 saturated heterocycles. The molecule has 0 amide bonds. The third-order valence-corrected chi connectivity index (χ3v) is 6.45. The quantitative estimate of drug-likeness (QED) is 0.426. The van der Waals surface area contributed by atoms with Gasteiger partial charge < -0.3 is 30.3 Å². The van der Waals surface area contributed by atoms with Gasteiger partial charge in [0, 0.05) is 12.0 Å². The van der Waals surface area contributed by atoms with Crippen LogP contribution < -0.4 is 0 Å². The summed E-state index contributed by atoms with van der Waals surface area (Å²) in [5.74, 6) is -2.26. The van der Waals surface area contributed by atoms with E-state index in [1.165, 1.54) is 0 Å². The topological polar surface area (TPSA) is 123 Å². The third-order valence-electron chi connectivity index (χ3n) is 5.41. The van der Waals surface area contributed by atoms with Crippen LogP contribution in [-0.2, 0) is 16.9 Å². The first-order valence-corrected chi connectivity index (χ1v) is 10.1. The zero-order chi connectivity index (χ0) is 20.8. The summed E-state index contributed by atoms with van der Waals surface area (Å²) in [5, 5.41) is 51.8. The van der Waals surface area contributed by atoms with Crippen LogP contribution in [0.2, 0.25) is 0 Å². The van der Waals surface area contributed by atoms with Gasteiger partial charge in [-0.2, -0.15) is 0 Å². The van der Waals surface area contributed by atoms with E-state index in [2.05, 4.69) is 4.98 Å². The number of fused-ring (bicyclic) bond motifs is 1. The van der Waals surface area contributed by atoms with Crippen LogP contribution in [-0.4, -0.2) is 61.5 Å². The highest BCUT2D eigenvalue weighted by Gasteiger charge is 2.53. The summed E-state index contributed by atoms with van der Waals surface area (Å²) in [4.78, 5) is 4.64. The number of aliphatic hydroxyl groups is 5. The molecule has 5 N–H and O–H groups in total. The fourth-order valence-electron chi connectivity index (χ4n) is 3.64. The lowest BCUT2D eigenvalue weighted by atomic mass is 9.87. The van der Waals surface area contributed by atoms with Crippen LogP contribution in [0.4, 0.5) is 0 Å². The second-order valence-corrected chi connectivity index (χ2v) is 8.47. The molecule has 0 bridgehead atoms. The molecule has 2 heterocycles. The van der Waals surface area contributed by atoms with Gasteiger partial charge in [0.15, 0.2) is 0 Å². The number of para-hydroxylation sites is 1. The Morgan fingerprint density at radius 1 is 1.10 bits per heavy atom. The van der Waals surface area contributed by atoms with Crippen LogP contribution in [0.25, 0.3) is 10.2 Å². The second-order valence-electron chi connectivity index (χ2n) is 7.35. The molecular weight excluding hydrogens is 394 g/mol. The maximum Gasteiger partial charge on any atom is 0.222 e. The van der Waals surface area contributed by atoms with Crippen molar-refractivity contribution in [3.05, 3.63) is 64.2 Å². The zero-order valence-electron chi connectivity index (χ0n) is 15.8. The zero-order valence-corrected chi connectivity index (χ0v) is 16.6. The monoisotopic (exact) mass is 417 g/mol. The fourth-order valence-corrected chi connectivity index (χ4v) is 4.63. The van der Waals surface area contributed by atoms with E-state index >= 15 is 0 Å². The lowest BCUT2D eigenvalue weighted by Crippen LogP contribution is -2.63. The van der Waals surface area contributed by atoms with E-state index in [4.69, 9.17) is 4.74 Å². The highest BCUT2D eigenvalue weighted by Crippen LogP contribution is 2.37. The van der Waals surface area contributed by atoms with Crippen LogP contribution >= 0.6 is 11.3 Å². The smallest absolute Gasteiger partial charge is 0.222 e. The van der Waals surface area contributed by atoms with Crippen molar-refractivity contribution in [3.8, 4) is 0 Å². The Bertz CT molecular complexity index is 988. The summed E-state index contributed by atoms with van der Waals surface area (Å²) in [6, 6.07) is 12.9. The molecule has 1 aliphatic heterocycles. The van der Waals surface area contributed by atoms with Gasteiger partial charge in [-0.3, -0.25) is 0 Å². The number of aliphatic hydroxyl groups excluding tert-OH is 4. The van der Waals surface area contributed by atoms with Gasteiger partial charge in [0.05, 0.1) is 21.8 Å². The molecule has 1 aliphatic rings. The summed E-state index contributed by atoms with van der Waals surface area (Å²) in [5.41, 5.74) is 3.01. The van der Waals surface area contributed by atoms with Crippen molar-refractivity contribution >= 4 is 21.6 Å². The van der Waals surface area contributed by atoms with Crippen molar-refractivity contribution in [2.75, 3.05) is 6.61 Å². The molecule has 1 aromatic heterocycles. The van der Waals surface area contributed by atoms with Crippen molar-refractivity contribution in [1.29, 1.82) is 0 Å². The Balaban J connectivity index is 1.68. The second kappa shape index (κ2) is 7.73. The first-order chi connectivity index (χ1) is 13.8. The molecule has 5 atom stereocenters. The van der Waals surface area contributed by atoms with E-state index < -0.39 is 36.8 Å². The van der Waals surface area contributed by atoms with Gasteiger partial charge in [0.2, 0.25) is 5.79 Å². The summed E-state index contributed by atoms with van der Waals surface area (Å²) in [7, 11) is 0. The summed E-state index contributed by atoms with van der Waals surface area (Å²) >= 11 is 1.59. The number of ether oxygens (including phenoxy) is 1. The van der Waals surface area contributed by atoms with Crippen LogP contribution in [0.5, 0.6) is 0 Å². The molecule has 4 rings (SSSR count). The number of aryl methyl sites for hydroxylation is 1. The number of hydrogen-bond acceptors (Lipinski definition) is 8. The molecule has 154 valence electrons. The van der Waals surface area contributed by atoms with E-state index in [-0.39, 0.29) is 5.56 Å². The average Bonchev–Trinajstić information content (AvgIpc) is 3.13. The van der Waals surface area contributed by atoms with E-state index in [0.717, 1.165) is 26.4 Å². The van der Waals surface area contributed by atoms with Crippen molar-refractivity contribution in [3.63, 3.8) is 0 Å². The number of hydrogen-bond donors (Lipinski definition) is 5. The highest BCUT2D eigenvalue weighted by atomic mass is 32.1. The maximum absolute atomic E-state index is 11.0. The average molecular weight is 417 g/mol. The fraction of sp³-hybridized carbons (Fsp3) is 0.381. The normalized spacial score (nSPS) is 30.0. The standard InChI is InChI=1S/C21H23NO6S/c1-11-6-7-13(21(27)20(26)19(25)18(24)15(10-23)28-21)8-12(11)9-17-22-14-4-2-3-5-16(14)29-17/h2-8,15,18-20,23-27H,9-10H2,1H3/t15?,18-,19?,20-,21?/m1/s1. The van der Waals surface area contributed by atoms with Crippen molar-refractivity contribution in [2.24, 2.45) is 0 Å². The van der Waals surface area contributed by atoms with Gasteiger partial charge >= 0.3 is 0 Å². The molecule has 0 saturated carbocycles. The van der Waals surface area contributed by atoms with E-state index in [0.29, 0.717) is 6.42 Å². The molecule has 2 aromatic carbocycles. The maximum atomic E-state index is 11.0. The number of rotatable bonds is 4. The predicted octanol–water partition coefficient (Wildman–Crippen LogP) is 0.814. The molecule has 0 radical (unpaired) electrons. The number of thiazole rings is 1. The third kappa shape index (κ3) is 3.57. The molecule has 8 heteroatoms. The van der Waals surface area contributed by atoms with Gasteiger partial charge in [0.25, 0.3) is 0 Å². The minimum absolute atomic E-state index is 0.233. The van der Waals surface area contributed by atoms with Crippen LogP contribution in [0.15, 0.2) is 42.5 Å². The largest absolute Gasteiger partial charge is 0.394 e. The van der Waals surface area contributed by atoms with Crippen LogP contribution in [0.1, 0.15) is 21.7 Å². The first-order valence-electron chi connectivity index (χ1n) is 9.33. The number of aromatic nitrogens is 1. The van der Waals surface area contributed by atoms with Crippen molar-refractivity contribution in [1.82, 2.24) is 4.98 Å². The lowest BCUT2D eigenvalue weighted by molar-refractivity contribution is -0.357.